The zero-order valence-electron chi connectivity index (χ0n) is 20.1. The van der Waals surface area contributed by atoms with Gasteiger partial charge in [0.2, 0.25) is 11.8 Å². The summed E-state index contributed by atoms with van der Waals surface area (Å²) in [6.07, 6.45) is 4.72. The first-order valence-corrected chi connectivity index (χ1v) is 13.2. The molecular weight excluding hydrogens is 606 g/mol. The summed E-state index contributed by atoms with van der Waals surface area (Å²) in [5, 5.41) is 0. The Morgan fingerprint density at radius 3 is 1.38 bits per heavy atom. The topological polar surface area (TPSA) is 60.8 Å². The summed E-state index contributed by atoms with van der Waals surface area (Å²) in [6.45, 7) is 3.54. The van der Waals surface area contributed by atoms with E-state index in [-0.39, 0.29) is 11.6 Å². The number of rotatable bonds is 8. The minimum Gasteiger partial charge on any atom is -0.420 e. The molecular formula is C28H22Br2F2N4O. The largest absolute Gasteiger partial charge is 0.420 e. The average Bonchev–Trinajstić information content (AvgIpc) is 2.88. The molecule has 4 rings (SSSR count). The van der Waals surface area contributed by atoms with E-state index in [4.69, 9.17) is 4.74 Å². The standard InChI is InChI=1S/C28H22Br2F2N4O/c1-17-33-25(19-7-11-21(31)12-8-19)23(5-3-15-29)27(35-17)37-28-24(6-4-16-30)26(34-18(2)36-28)20-9-13-22(32)14-10-20/h3-4,7-16H,5-6H2,1-2H3. The maximum Gasteiger partial charge on any atom is 0.228 e. The third-order valence-electron chi connectivity index (χ3n) is 5.41. The van der Waals surface area contributed by atoms with Gasteiger partial charge in [0.1, 0.15) is 23.3 Å². The lowest BCUT2D eigenvalue weighted by Crippen LogP contribution is -2.07. The predicted molar refractivity (Wildman–Crippen MR) is 148 cm³/mol. The molecule has 2 aromatic carbocycles. The maximum atomic E-state index is 13.6. The molecule has 0 spiro atoms. The molecule has 9 heteroatoms. The Morgan fingerprint density at radius 2 is 1.03 bits per heavy atom. The van der Waals surface area contributed by atoms with Crippen LogP contribution < -0.4 is 4.74 Å². The van der Waals surface area contributed by atoms with Crippen LogP contribution >= 0.6 is 31.9 Å². The summed E-state index contributed by atoms with van der Waals surface area (Å²) < 4.78 is 33.7. The fraction of sp³-hybridized carbons (Fsp3) is 0.143. The van der Waals surface area contributed by atoms with E-state index in [1.165, 1.54) is 24.3 Å². The van der Waals surface area contributed by atoms with E-state index in [0.717, 1.165) is 22.3 Å². The second kappa shape index (κ2) is 12.3. The lowest BCUT2D eigenvalue weighted by atomic mass is 10.0. The molecule has 0 atom stereocenters. The molecule has 0 aliphatic carbocycles. The van der Waals surface area contributed by atoms with Gasteiger partial charge in [-0.2, -0.15) is 9.97 Å². The molecule has 2 aromatic heterocycles. The van der Waals surface area contributed by atoms with Crippen LogP contribution in [0.25, 0.3) is 22.5 Å². The summed E-state index contributed by atoms with van der Waals surface area (Å²) in [7, 11) is 0. The molecule has 0 saturated carbocycles. The highest BCUT2D eigenvalue weighted by Gasteiger charge is 2.21. The Bertz CT molecular complexity index is 1350. The van der Waals surface area contributed by atoms with E-state index in [1.54, 1.807) is 48.1 Å². The summed E-state index contributed by atoms with van der Waals surface area (Å²) in [6, 6.07) is 12.3. The van der Waals surface area contributed by atoms with Crippen LogP contribution in [0.15, 0.2) is 70.7 Å². The Balaban J connectivity index is 1.90. The van der Waals surface area contributed by atoms with E-state index in [9.17, 15) is 8.78 Å². The molecule has 0 unspecified atom stereocenters. The van der Waals surface area contributed by atoms with Crippen molar-refractivity contribution in [3.63, 3.8) is 0 Å². The highest BCUT2D eigenvalue weighted by atomic mass is 79.9. The third kappa shape index (κ3) is 6.53. The minimum absolute atomic E-state index is 0.331. The molecule has 2 heterocycles. The SMILES string of the molecule is Cc1nc(Oc2nc(C)nc(-c3ccc(F)cc3)c2CC=CBr)c(CC=CBr)c(-c2ccc(F)cc2)n1. The van der Waals surface area contributed by atoms with E-state index in [0.29, 0.717) is 47.6 Å². The van der Waals surface area contributed by atoms with Crippen LogP contribution in [0.2, 0.25) is 0 Å². The Labute approximate surface area is 230 Å². The van der Waals surface area contributed by atoms with Gasteiger partial charge in [0.15, 0.2) is 0 Å². The van der Waals surface area contributed by atoms with Gasteiger partial charge in [-0.05, 0) is 85.2 Å². The van der Waals surface area contributed by atoms with Crippen LogP contribution in [0.1, 0.15) is 22.8 Å². The van der Waals surface area contributed by atoms with Gasteiger partial charge in [-0.15, -0.1) is 0 Å². The van der Waals surface area contributed by atoms with Crippen LogP contribution in [-0.4, -0.2) is 19.9 Å². The van der Waals surface area contributed by atoms with E-state index in [1.807, 2.05) is 12.2 Å². The van der Waals surface area contributed by atoms with Crippen molar-refractivity contribution in [1.29, 1.82) is 0 Å². The van der Waals surface area contributed by atoms with Gasteiger partial charge in [0.25, 0.3) is 0 Å². The first-order valence-electron chi connectivity index (χ1n) is 11.3. The van der Waals surface area contributed by atoms with Crippen molar-refractivity contribution in [2.45, 2.75) is 26.7 Å². The lowest BCUT2D eigenvalue weighted by molar-refractivity contribution is 0.430. The molecule has 5 nitrogen and oxygen atoms in total. The second-order valence-electron chi connectivity index (χ2n) is 8.05. The van der Waals surface area contributed by atoms with Gasteiger partial charge in [-0.25, -0.2) is 18.7 Å². The molecule has 4 aromatic rings. The average molecular weight is 628 g/mol. The molecule has 188 valence electrons. The number of hydrogen-bond acceptors (Lipinski definition) is 5. The van der Waals surface area contributed by atoms with Gasteiger partial charge >= 0.3 is 0 Å². The smallest absolute Gasteiger partial charge is 0.228 e. The van der Waals surface area contributed by atoms with Gasteiger partial charge in [-0.3, -0.25) is 0 Å². The molecule has 0 saturated heterocycles. The van der Waals surface area contributed by atoms with Gasteiger partial charge in [0.05, 0.1) is 11.4 Å². The fourth-order valence-corrected chi connectivity index (χ4v) is 4.16. The molecule has 0 amide bonds. The van der Waals surface area contributed by atoms with Crippen molar-refractivity contribution in [3.05, 3.63) is 105 Å². The predicted octanol–water partition coefficient (Wildman–Crippen LogP) is 8.19. The number of halogens is 4. The van der Waals surface area contributed by atoms with E-state index >= 15 is 0 Å². The van der Waals surface area contributed by atoms with Crippen molar-refractivity contribution in [1.82, 2.24) is 19.9 Å². The number of nitrogens with zero attached hydrogens (tertiary/aromatic N) is 4. The van der Waals surface area contributed by atoms with E-state index in [2.05, 4.69) is 51.8 Å². The molecule has 0 aliphatic rings. The zero-order chi connectivity index (χ0) is 26.4. The first-order chi connectivity index (χ1) is 17.9. The number of benzene rings is 2. The summed E-state index contributed by atoms with van der Waals surface area (Å²) in [4.78, 5) is 22.0. The second-order valence-corrected chi connectivity index (χ2v) is 9.11. The van der Waals surface area contributed by atoms with Crippen molar-refractivity contribution in [2.24, 2.45) is 0 Å². The molecule has 37 heavy (non-hydrogen) atoms. The molecule has 0 bridgehead atoms. The van der Waals surface area contributed by atoms with Crippen LogP contribution in [-0.2, 0) is 12.8 Å². The Hall–Kier alpha value is -3.30. The van der Waals surface area contributed by atoms with Crippen LogP contribution in [0.5, 0.6) is 11.8 Å². The summed E-state index contributed by atoms with van der Waals surface area (Å²) in [5.41, 5.74) is 4.19. The fourth-order valence-electron chi connectivity index (χ4n) is 3.79. The number of aryl methyl sites for hydroxylation is 2. The minimum atomic E-state index is -0.331. The van der Waals surface area contributed by atoms with Crippen molar-refractivity contribution in [3.8, 4) is 34.3 Å². The molecule has 0 N–H and O–H groups in total. The van der Waals surface area contributed by atoms with Crippen molar-refractivity contribution < 1.29 is 13.5 Å². The van der Waals surface area contributed by atoms with Crippen LogP contribution in [0, 0.1) is 25.5 Å². The van der Waals surface area contributed by atoms with Gasteiger partial charge in [-0.1, -0.05) is 44.0 Å². The number of ether oxygens (including phenoxy) is 1. The highest BCUT2D eigenvalue weighted by molar-refractivity contribution is 9.11. The Kier molecular flexibility index (Phi) is 8.89. The normalized spacial score (nSPS) is 11.5. The third-order valence-corrected chi connectivity index (χ3v) is 6.16. The van der Waals surface area contributed by atoms with Crippen LogP contribution in [0.4, 0.5) is 8.78 Å². The van der Waals surface area contributed by atoms with Gasteiger partial charge < -0.3 is 4.74 Å². The number of aromatic nitrogens is 4. The monoisotopic (exact) mass is 626 g/mol. The number of allylic oxidation sites excluding steroid dienone is 2. The Morgan fingerprint density at radius 1 is 0.649 bits per heavy atom. The zero-order valence-corrected chi connectivity index (χ0v) is 23.2. The number of hydrogen-bond donors (Lipinski definition) is 0. The lowest BCUT2D eigenvalue weighted by Gasteiger charge is -2.17. The maximum absolute atomic E-state index is 13.6. The molecule has 0 fully saturated rings. The first kappa shape index (κ1) is 26.8. The summed E-state index contributed by atoms with van der Waals surface area (Å²) >= 11 is 6.64. The highest BCUT2D eigenvalue weighted by Crippen LogP contribution is 2.35. The summed E-state index contributed by atoms with van der Waals surface area (Å²) in [5.74, 6) is 0.998. The van der Waals surface area contributed by atoms with E-state index < -0.39 is 0 Å². The van der Waals surface area contributed by atoms with Crippen molar-refractivity contribution >= 4 is 31.9 Å². The van der Waals surface area contributed by atoms with Crippen LogP contribution in [0.3, 0.4) is 0 Å². The quantitative estimate of drug-likeness (QED) is 0.197. The molecule has 0 aliphatic heterocycles. The van der Waals surface area contributed by atoms with Gasteiger partial charge in [0, 0.05) is 22.3 Å². The van der Waals surface area contributed by atoms with Crippen molar-refractivity contribution in [2.75, 3.05) is 0 Å². The molecule has 0 radical (unpaired) electrons.